The lowest BCUT2D eigenvalue weighted by Crippen LogP contribution is -2.29. The van der Waals surface area contributed by atoms with Crippen molar-refractivity contribution >= 4 is 22.9 Å². The van der Waals surface area contributed by atoms with Gasteiger partial charge in [-0.3, -0.25) is 0 Å². The summed E-state index contributed by atoms with van der Waals surface area (Å²) in [6, 6.07) is 6.59. The zero-order valence-electron chi connectivity index (χ0n) is 13.3. The lowest BCUT2D eigenvalue weighted by Gasteiger charge is -2.21. The molecule has 0 bridgehead atoms. The van der Waals surface area contributed by atoms with Gasteiger partial charge in [-0.15, -0.1) is 11.3 Å². The minimum atomic E-state index is 0.125. The smallest absolute Gasteiger partial charge is 0.114 e. The average molecular weight is 323 g/mol. The van der Waals surface area contributed by atoms with Crippen molar-refractivity contribution in [3.05, 3.63) is 50.4 Å². The maximum atomic E-state index is 6.09. The van der Waals surface area contributed by atoms with E-state index in [1.165, 1.54) is 11.1 Å². The molecule has 2 nitrogen and oxygen atoms in total. The first kappa shape index (κ1) is 16.5. The van der Waals surface area contributed by atoms with Gasteiger partial charge in [0.15, 0.2) is 0 Å². The zero-order chi connectivity index (χ0) is 15.6. The second-order valence-electron chi connectivity index (χ2n) is 6.02. The molecule has 1 aromatic carbocycles. The number of aryl methyl sites for hydroxylation is 1. The Morgan fingerprint density at radius 2 is 1.90 bits per heavy atom. The van der Waals surface area contributed by atoms with Gasteiger partial charge in [-0.2, -0.15) is 0 Å². The molecule has 1 unspecified atom stereocenters. The van der Waals surface area contributed by atoms with Crippen LogP contribution in [0.4, 0.5) is 0 Å². The third-order valence-electron chi connectivity index (χ3n) is 3.42. The number of rotatable bonds is 5. The Morgan fingerprint density at radius 3 is 2.43 bits per heavy atom. The minimum Gasteiger partial charge on any atom is -0.302 e. The minimum absolute atomic E-state index is 0.125. The van der Waals surface area contributed by atoms with Crippen LogP contribution in [0.2, 0.25) is 5.02 Å². The van der Waals surface area contributed by atoms with Gasteiger partial charge >= 0.3 is 0 Å². The summed E-state index contributed by atoms with van der Waals surface area (Å²) in [4.78, 5) is 4.83. The molecule has 21 heavy (non-hydrogen) atoms. The van der Waals surface area contributed by atoms with E-state index >= 15 is 0 Å². The van der Waals surface area contributed by atoms with Crippen LogP contribution in [0.5, 0.6) is 0 Å². The van der Waals surface area contributed by atoms with E-state index in [1.807, 2.05) is 12.1 Å². The topological polar surface area (TPSA) is 24.9 Å². The molecule has 2 rings (SSSR count). The quantitative estimate of drug-likeness (QED) is 0.806. The maximum absolute atomic E-state index is 6.09. The second-order valence-corrected chi connectivity index (χ2v) is 7.35. The molecule has 0 radical (unpaired) electrons. The molecule has 1 heterocycles. The summed E-state index contributed by atoms with van der Waals surface area (Å²) >= 11 is 7.81. The molecule has 0 saturated heterocycles. The van der Waals surface area contributed by atoms with E-state index < -0.39 is 0 Å². The van der Waals surface area contributed by atoms with Gasteiger partial charge in [-0.1, -0.05) is 31.5 Å². The summed E-state index contributed by atoms with van der Waals surface area (Å²) in [6.45, 7) is 10.8. The molecule has 0 aliphatic rings. The van der Waals surface area contributed by atoms with E-state index in [1.54, 1.807) is 11.3 Å². The van der Waals surface area contributed by atoms with Gasteiger partial charge in [0.25, 0.3) is 0 Å². The highest BCUT2D eigenvalue weighted by atomic mass is 35.5. The van der Waals surface area contributed by atoms with E-state index in [2.05, 4.69) is 51.4 Å². The standard InChI is InChI=1S/C17H23ClN2S/c1-10(2)15-9-21-17(20-15)16(19-11(3)4)14-7-6-13(18)8-12(14)5/h6-11,16,19H,1-5H3. The van der Waals surface area contributed by atoms with Crippen molar-refractivity contribution in [3.63, 3.8) is 0 Å². The van der Waals surface area contributed by atoms with Crippen LogP contribution in [0.3, 0.4) is 0 Å². The van der Waals surface area contributed by atoms with Gasteiger partial charge < -0.3 is 5.32 Å². The van der Waals surface area contributed by atoms with Crippen molar-refractivity contribution in [2.75, 3.05) is 0 Å². The second kappa shape index (κ2) is 6.91. The first-order chi connectivity index (χ1) is 9.88. The summed E-state index contributed by atoms with van der Waals surface area (Å²) in [6.07, 6.45) is 0. The molecule has 1 aromatic heterocycles. The fourth-order valence-electron chi connectivity index (χ4n) is 2.29. The molecule has 4 heteroatoms. The first-order valence-corrected chi connectivity index (χ1v) is 8.61. The van der Waals surface area contributed by atoms with Crippen LogP contribution < -0.4 is 5.32 Å². The van der Waals surface area contributed by atoms with Gasteiger partial charge in [0.2, 0.25) is 0 Å². The van der Waals surface area contributed by atoms with Crippen molar-refractivity contribution in [1.29, 1.82) is 0 Å². The van der Waals surface area contributed by atoms with Crippen molar-refractivity contribution in [2.24, 2.45) is 0 Å². The lowest BCUT2D eigenvalue weighted by atomic mass is 10.0. The van der Waals surface area contributed by atoms with Crippen LogP contribution in [0, 0.1) is 6.92 Å². The first-order valence-electron chi connectivity index (χ1n) is 7.36. The summed E-state index contributed by atoms with van der Waals surface area (Å²) in [5.41, 5.74) is 3.61. The molecule has 0 fully saturated rings. The molecule has 114 valence electrons. The van der Waals surface area contributed by atoms with Crippen molar-refractivity contribution in [1.82, 2.24) is 10.3 Å². The van der Waals surface area contributed by atoms with Crippen LogP contribution >= 0.6 is 22.9 Å². The highest BCUT2D eigenvalue weighted by molar-refractivity contribution is 7.09. The van der Waals surface area contributed by atoms with Crippen LogP contribution in [0.25, 0.3) is 0 Å². The fourth-order valence-corrected chi connectivity index (χ4v) is 3.57. The number of benzene rings is 1. The maximum Gasteiger partial charge on any atom is 0.114 e. The highest BCUT2D eigenvalue weighted by Gasteiger charge is 2.21. The molecular weight excluding hydrogens is 300 g/mol. The fraction of sp³-hybridized carbons (Fsp3) is 0.471. The molecule has 1 atom stereocenters. The Kier molecular flexibility index (Phi) is 5.42. The Balaban J connectivity index is 2.41. The van der Waals surface area contributed by atoms with E-state index in [0.29, 0.717) is 12.0 Å². The Hall–Kier alpha value is -0.900. The molecule has 2 aromatic rings. The lowest BCUT2D eigenvalue weighted by molar-refractivity contribution is 0.524. The number of hydrogen-bond donors (Lipinski definition) is 1. The van der Waals surface area contributed by atoms with Crippen LogP contribution in [0.1, 0.15) is 61.5 Å². The van der Waals surface area contributed by atoms with Gasteiger partial charge in [-0.05, 0) is 49.9 Å². The third-order valence-corrected chi connectivity index (χ3v) is 4.58. The number of nitrogens with zero attached hydrogens (tertiary/aromatic N) is 1. The van der Waals surface area contributed by atoms with E-state index in [4.69, 9.17) is 16.6 Å². The molecule has 0 aliphatic heterocycles. The Labute approximate surface area is 136 Å². The molecule has 0 spiro atoms. The predicted octanol–water partition coefficient (Wildman–Crippen LogP) is 5.32. The number of halogens is 1. The highest BCUT2D eigenvalue weighted by Crippen LogP contribution is 2.30. The van der Waals surface area contributed by atoms with Gasteiger partial charge in [-0.25, -0.2) is 4.98 Å². The van der Waals surface area contributed by atoms with E-state index in [0.717, 1.165) is 15.7 Å². The molecule has 0 aliphatic carbocycles. The third kappa shape index (κ3) is 4.06. The van der Waals surface area contributed by atoms with Crippen molar-refractivity contribution in [2.45, 2.75) is 52.6 Å². The summed E-state index contributed by atoms with van der Waals surface area (Å²) in [5, 5.41) is 7.70. The van der Waals surface area contributed by atoms with E-state index in [-0.39, 0.29) is 6.04 Å². The number of aromatic nitrogens is 1. The molecule has 1 N–H and O–H groups in total. The SMILES string of the molecule is Cc1cc(Cl)ccc1C(NC(C)C)c1nc(C(C)C)cs1. The van der Waals surface area contributed by atoms with E-state index in [9.17, 15) is 0 Å². The summed E-state index contributed by atoms with van der Waals surface area (Å²) in [7, 11) is 0. The molecular formula is C17H23ClN2S. The summed E-state index contributed by atoms with van der Waals surface area (Å²) < 4.78 is 0. The van der Waals surface area contributed by atoms with Crippen LogP contribution in [0.15, 0.2) is 23.6 Å². The number of hydrogen-bond acceptors (Lipinski definition) is 3. The van der Waals surface area contributed by atoms with Crippen molar-refractivity contribution in [3.8, 4) is 0 Å². The predicted molar refractivity (Wildman–Crippen MR) is 92.5 cm³/mol. The normalized spacial score (nSPS) is 13.1. The van der Waals surface area contributed by atoms with Crippen molar-refractivity contribution < 1.29 is 0 Å². The molecule has 0 amide bonds. The van der Waals surface area contributed by atoms with Crippen LogP contribution in [-0.4, -0.2) is 11.0 Å². The summed E-state index contributed by atoms with van der Waals surface area (Å²) in [5.74, 6) is 0.459. The largest absolute Gasteiger partial charge is 0.302 e. The van der Waals surface area contributed by atoms with Gasteiger partial charge in [0, 0.05) is 16.4 Å². The zero-order valence-corrected chi connectivity index (χ0v) is 14.8. The van der Waals surface area contributed by atoms with Gasteiger partial charge in [0.05, 0.1) is 11.7 Å². The molecule has 0 saturated carbocycles. The Bertz CT molecular complexity index is 605. The van der Waals surface area contributed by atoms with Gasteiger partial charge in [0.1, 0.15) is 5.01 Å². The Morgan fingerprint density at radius 1 is 1.19 bits per heavy atom. The number of nitrogens with one attached hydrogen (secondary N) is 1. The average Bonchev–Trinajstić information content (AvgIpc) is 2.85. The van der Waals surface area contributed by atoms with Crippen LogP contribution in [-0.2, 0) is 0 Å². The monoisotopic (exact) mass is 322 g/mol. The number of thiazole rings is 1.